The van der Waals surface area contributed by atoms with E-state index >= 15 is 0 Å². The Balaban J connectivity index is 2.14. The van der Waals surface area contributed by atoms with Crippen LogP contribution in [0.4, 0.5) is 5.69 Å². The molecule has 2 heterocycles. The number of carbonyl (C=O) groups is 2. The van der Waals surface area contributed by atoms with Crippen molar-refractivity contribution in [2.45, 2.75) is 6.54 Å². The van der Waals surface area contributed by atoms with Crippen molar-refractivity contribution in [1.82, 2.24) is 9.55 Å². The molecule has 18 heavy (non-hydrogen) atoms. The summed E-state index contributed by atoms with van der Waals surface area (Å²) in [7, 11) is 0. The van der Waals surface area contributed by atoms with E-state index in [1.54, 1.807) is 36.7 Å². The summed E-state index contributed by atoms with van der Waals surface area (Å²) in [4.78, 5) is 26.4. The van der Waals surface area contributed by atoms with Gasteiger partial charge in [0.15, 0.2) is 0 Å². The van der Waals surface area contributed by atoms with Crippen molar-refractivity contribution in [3.63, 3.8) is 0 Å². The Labute approximate surface area is 103 Å². The zero-order valence-electron chi connectivity index (χ0n) is 9.41. The molecule has 0 aromatic carbocycles. The lowest BCUT2D eigenvalue weighted by Crippen LogP contribution is -2.19. The molecular formula is C12H11N3O3. The van der Waals surface area contributed by atoms with E-state index in [1.165, 1.54) is 10.8 Å². The van der Waals surface area contributed by atoms with Gasteiger partial charge >= 0.3 is 5.97 Å². The maximum absolute atomic E-state index is 11.9. The van der Waals surface area contributed by atoms with Crippen LogP contribution in [0.5, 0.6) is 0 Å². The van der Waals surface area contributed by atoms with Crippen molar-refractivity contribution in [2.24, 2.45) is 0 Å². The number of carbonyl (C=O) groups excluding carboxylic acids is 1. The molecule has 0 saturated carbocycles. The lowest BCUT2D eigenvalue weighted by atomic mass is 10.3. The molecule has 0 fully saturated rings. The van der Waals surface area contributed by atoms with Crippen molar-refractivity contribution in [3.05, 3.63) is 48.5 Å². The number of carboxylic acid groups (broad SMARTS) is 1. The quantitative estimate of drug-likeness (QED) is 0.848. The number of hydrogen-bond donors (Lipinski definition) is 2. The molecule has 0 aliphatic rings. The first-order chi connectivity index (χ1) is 8.66. The highest BCUT2D eigenvalue weighted by atomic mass is 16.4. The van der Waals surface area contributed by atoms with Crippen molar-refractivity contribution in [1.29, 1.82) is 0 Å². The SMILES string of the molecule is O=C(O)Cn1cccc1C(=O)Nc1cccnc1. The predicted octanol–water partition coefficient (Wildman–Crippen LogP) is 1.22. The van der Waals surface area contributed by atoms with E-state index in [2.05, 4.69) is 10.3 Å². The minimum absolute atomic E-state index is 0.247. The van der Waals surface area contributed by atoms with E-state index in [-0.39, 0.29) is 12.5 Å². The van der Waals surface area contributed by atoms with Gasteiger partial charge in [0.05, 0.1) is 11.9 Å². The smallest absolute Gasteiger partial charge is 0.323 e. The van der Waals surface area contributed by atoms with Crippen molar-refractivity contribution in [2.75, 3.05) is 5.32 Å². The van der Waals surface area contributed by atoms with Crippen LogP contribution in [-0.4, -0.2) is 26.5 Å². The molecule has 0 aliphatic heterocycles. The molecule has 0 radical (unpaired) electrons. The summed E-state index contributed by atoms with van der Waals surface area (Å²) >= 11 is 0. The minimum Gasteiger partial charge on any atom is -0.480 e. The summed E-state index contributed by atoms with van der Waals surface area (Å²) < 4.78 is 1.37. The fourth-order valence-corrected chi connectivity index (χ4v) is 1.54. The highest BCUT2D eigenvalue weighted by Gasteiger charge is 2.12. The number of rotatable bonds is 4. The highest BCUT2D eigenvalue weighted by molar-refractivity contribution is 6.03. The molecule has 0 saturated heterocycles. The predicted molar refractivity (Wildman–Crippen MR) is 64.3 cm³/mol. The van der Waals surface area contributed by atoms with Gasteiger partial charge in [-0.05, 0) is 24.3 Å². The molecule has 0 atom stereocenters. The van der Waals surface area contributed by atoms with Gasteiger partial charge in [-0.25, -0.2) is 0 Å². The van der Waals surface area contributed by atoms with Crippen LogP contribution in [0.3, 0.4) is 0 Å². The first-order valence-electron chi connectivity index (χ1n) is 5.25. The van der Waals surface area contributed by atoms with E-state index in [0.29, 0.717) is 11.4 Å². The molecule has 2 aromatic rings. The van der Waals surface area contributed by atoms with Crippen molar-refractivity contribution >= 4 is 17.6 Å². The Bertz CT molecular complexity index is 563. The molecule has 0 aliphatic carbocycles. The highest BCUT2D eigenvalue weighted by Crippen LogP contribution is 2.08. The van der Waals surface area contributed by atoms with Gasteiger partial charge in [-0.1, -0.05) is 0 Å². The Kier molecular flexibility index (Phi) is 3.38. The molecule has 6 heteroatoms. The molecule has 1 amide bonds. The molecule has 6 nitrogen and oxygen atoms in total. The monoisotopic (exact) mass is 245 g/mol. The first kappa shape index (κ1) is 11.8. The van der Waals surface area contributed by atoms with Crippen LogP contribution in [0.1, 0.15) is 10.5 Å². The minimum atomic E-state index is -0.998. The van der Waals surface area contributed by atoms with Gasteiger partial charge < -0.3 is 15.0 Å². The molecule has 2 N–H and O–H groups in total. The molecule has 0 bridgehead atoms. The van der Waals surface area contributed by atoms with Crippen LogP contribution in [0, 0.1) is 0 Å². The van der Waals surface area contributed by atoms with Crippen LogP contribution in [0.25, 0.3) is 0 Å². The fraction of sp³-hybridized carbons (Fsp3) is 0.0833. The second-order valence-electron chi connectivity index (χ2n) is 3.61. The summed E-state index contributed by atoms with van der Waals surface area (Å²) in [5.41, 5.74) is 0.854. The normalized spacial score (nSPS) is 10.0. The lowest BCUT2D eigenvalue weighted by Gasteiger charge is -2.07. The zero-order valence-corrected chi connectivity index (χ0v) is 9.41. The molecule has 2 rings (SSSR count). The second-order valence-corrected chi connectivity index (χ2v) is 3.61. The summed E-state index contributed by atoms with van der Waals surface area (Å²) in [6, 6.07) is 6.59. The maximum atomic E-state index is 11.9. The van der Waals surface area contributed by atoms with Crippen LogP contribution in [0.15, 0.2) is 42.9 Å². The third kappa shape index (κ3) is 2.73. The van der Waals surface area contributed by atoms with E-state index in [0.717, 1.165) is 0 Å². The number of aliphatic carboxylic acids is 1. The van der Waals surface area contributed by atoms with Gasteiger partial charge in [0.2, 0.25) is 0 Å². The Morgan fingerprint density at radius 2 is 2.17 bits per heavy atom. The molecule has 92 valence electrons. The number of nitrogens with zero attached hydrogens (tertiary/aromatic N) is 2. The van der Waals surface area contributed by atoms with Crippen molar-refractivity contribution < 1.29 is 14.7 Å². The number of nitrogens with one attached hydrogen (secondary N) is 1. The van der Waals surface area contributed by atoms with Gasteiger partial charge in [0, 0.05) is 12.4 Å². The topological polar surface area (TPSA) is 84.2 Å². The number of anilines is 1. The number of pyridine rings is 1. The average Bonchev–Trinajstić information content (AvgIpc) is 2.77. The number of aromatic nitrogens is 2. The summed E-state index contributed by atoms with van der Waals surface area (Å²) in [5, 5.41) is 11.4. The molecular weight excluding hydrogens is 234 g/mol. The van der Waals surface area contributed by atoms with Gasteiger partial charge in [0.1, 0.15) is 12.2 Å². The summed E-state index contributed by atoms with van der Waals surface area (Å²) in [6.07, 6.45) is 4.66. The van der Waals surface area contributed by atoms with Gasteiger partial charge in [-0.2, -0.15) is 0 Å². The third-order valence-corrected chi connectivity index (χ3v) is 2.29. The van der Waals surface area contributed by atoms with Crippen LogP contribution in [0.2, 0.25) is 0 Å². The van der Waals surface area contributed by atoms with E-state index in [1.807, 2.05) is 0 Å². The number of amides is 1. The first-order valence-corrected chi connectivity index (χ1v) is 5.25. The molecule has 2 aromatic heterocycles. The van der Waals surface area contributed by atoms with Gasteiger partial charge in [-0.3, -0.25) is 14.6 Å². The maximum Gasteiger partial charge on any atom is 0.323 e. The van der Waals surface area contributed by atoms with Crippen LogP contribution >= 0.6 is 0 Å². The van der Waals surface area contributed by atoms with Crippen molar-refractivity contribution in [3.8, 4) is 0 Å². The second kappa shape index (κ2) is 5.13. The van der Waals surface area contributed by atoms with E-state index < -0.39 is 5.97 Å². The number of carboxylic acids is 1. The summed E-state index contributed by atoms with van der Waals surface area (Å²) in [5.74, 6) is -1.36. The van der Waals surface area contributed by atoms with Crippen LogP contribution in [-0.2, 0) is 11.3 Å². The standard InChI is InChI=1S/C12H11N3O3/c16-11(17)8-15-6-2-4-10(15)12(18)14-9-3-1-5-13-7-9/h1-7H,8H2,(H,14,18)(H,16,17). The van der Waals surface area contributed by atoms with Gasteiger partial charge in [0.25, 0.3) is 5.91 Å². The number of hydrogen-bond acceptors (Lipinski definition) is 3. The summed E-state index contributed by atoms with van der Waals surface area (Å²) in [6.45, 7) is -0.247. The van der Waals surface area contributed by atoms with Crippen LogP contribution < -0.4 is 5.32 Å². The van der Waals surface area contributed by atoms with E-state index in [4.69, 9.17) is 5.11 Å². The average molecular weight is 245 g/mol. The van der Waals surface area contributed by atoms with Gasteiger partial charge in [-0.15, -0.1) is 0 Å². The lowest BCUT2D eigenvalue weighted by molar-refractivity contribution is -0.137. The third-order valence-electron chi connectivity index (χ3n) is 2.29. The largest absolute Gasteiger partial charge is 0.480 e. The Hall–Kier alpha value is -2.63. The zero-order chi connectivity index (χ0) is 13.0. The molecule has 0 spiro atoms. The Morgan fingerprint density at radius 3 is 2.83 bits per heavy atom. The fourth-order valence-electron chi connectivity index (χ4n) is 1.54. The van der Waals surface area contributed by atoms with E-state index in [9.17, 15) is 9.59 Å². The molecule has 0 unspecified atom stereocenters. The Morgan fingerprint density at radius 1 is 1.33 bits per heavy atom.